The molecule has 2 atom stereocenters. The Morgan fingerprint density at radius 2 is 1.58 bits per heavy atom. The molecular weight excluding hydrogens is 166 g/mol. The summed E-state index contributed by atoms with van der Waals surface area (Å²) in [6, 6.07) is 0. The van der Waals surface area contributed by atoms with E-state index in [9.17, 15) is 0 Å². The highest BCUT2D eigenvalue weighted by Crippen LogP contribution is 2.40. The van der Waals surface area contributed by atoms with Crippen LogP contribution in [0.25, 0.3) is 0 Å². The Morgan fingerprint density at radius 1 is 1.08 bits per heavy atom. The van der Waals surface area contributed by atoms with E-state index in [0.29, 0.717) is 5.54 Å². The quantitative estimate of drug-likeness (QED) is 0.570. The fourth-order valence-corrected chi connectivity index (χ4v) is 3.78. The Labute approximate surface area is 79.9 Å². The first-order chi connectivity index (χ1) is 5.55. The Balaban J connectivity index is 2.03. The van der Waals surface area contributed by atoms with E-state index in [1.807, 2.05) is 0 Å². The predicted octanol–water partition coefficient (Wildman–Crippen LogP) is 2.36. The maximum absolute atomic E-state index is 2.66. The van der Waals surface area contributed by atoms with Gasteiger partial charge in [0.2, 0.25) is 0 Å². The molecule has 2 rings (SSSR count). The van der Waals surface area contributed by atoms with Gasteiger partial charge < -0.3 is 0 Å². The van der Waals surface area contributed by atoms with Crippen molar-refractivity contribution < 1.29 is 0 Å². The van der Waals surface area contributed by atoms with Crippen molar-refractivity contribution >= 4 is 11.8 Å². The van der Waals surface area contributed by atoms with Gasteiger partial charge in [-0.1, -0.05) is 0 Å². The number of nitrogens with zero attached hydrogens (tertiary/aromatic N) is 1. The van der Waals surface area contributed by atoms with Gasteiger partial charge in [-0.25, -0.2) is 0 Å². The summed E-state index contributed by atoms with van der Waals surface area (Å²) < 4.78 is 0. The molecule has 2 heteroatoms. The van der Waals surface area contributed by atoms with E-state index < -0.39 is 0 Å². The molecule has 2 fully saturated rings. The third-order valence-corrected chi connectivity index (χ3v) is 4.53. The molecule has 2 bridgehead atoms. The van der Waals surface area contributed by atoms with Gasteiger partial charge in [0.05, 0.1) is 0 Å². The maximum atomic E-state index is 2.66. The minimum absolute atomic E-state index is 0.391. The molecular formula is C10H19NS. The smallest absolute Gasteiger partial charge is 0.0178 e. The van der Waals surface area contributed by atoms with Crippen molar-refractivity contribution in [2.24, 2.45) is 0 Å². The standard InChI is InChI=1S/C10H19NS/c1-10(2,3)11-6-8-4-5-9(7-11)12-8/h8-9H,4-7H2,1-3H3/t8-,9+. The molecule has 2 aliphatic heterocycles. The van der Waals surface area contributed by atoms with E-state index >= 15 is 0 Å². The highest BCUT2D eigenvalue weighted by molar-refractivity contribution is 8.00. The van der Waals surface area contributed by atoms with Gasteiger partial charge in [-0.2, -0.15) is 11.8 Å². The molecule has 12 heavy (non-hydrogen) atoms. The van der Waals surface area contributed by atoms with Gasteiger partial charge in [0, 0.05) is 29.1 Å². The van der Waals surface area contributed by atoms with Crippen molar-refractivity contribution in [3.8, 4) is 0 Å². The molecule has 0 unspecified atom stereocenters. The fourth-order valence-electron chi connectivity index (χ4n) is 2.16. The molecule has 70 valence electrons. The Bertz CT molecular complexity index is 161. The SMILES string of the molecule is CC(C)(C)N1C[C@H]2CC[C@@H](C1)S2. The molecule has 0 radical (unpaired) electrons. The van der Waals surface area contributed by atoms with E-state index in [-0.39, 0.29) is 0 Å². The summed E-state index contributed by atoms with van der Waals surface area (Å²) in [4.78, 5) is 2.66. The summed E-state index contributed by atoms with van der Waals surface area (Å²) in [5.41, 5.74) is 0.391. The average Bonchev–Trinajstić information content (AvgIpc) is 2.28. The molecule has 2 aliphatic rings. The van der Waals surface area contributed by atoms with Crippen LogP contribution in [0.2, 0.25) is 0 Å². The normalized spacial score (nSPS) is 37.2. The molecule has 2 saturated heterocycles. The highest BCUT2D eigenvalue weighted by atomic mass is 32.2. The zero-order valence-electron chi connectivity index (χ0n) is 8.34. The summed E-state index contributed by atoms with van der Waals surface area (Å²) in [5.74, 6) is 0. The van der Waals surface area contributed by atoms with Crippen LogP contribution in [0.4, 0.5) is 0 Å². The summed E-state index contributed by atoms with van der Waals surface area (Å²) in [5, 5.41) is 1.89. The van der Waals surface area contributed by atoms with Crippen molar-refractivity contribution in [1.29, 1.82) is 0 Å². The van der Waals surface area contributed by atoms with E-state index in [2.05, 4.69) is 37.4 Å². The second kappa shape index (κ2) is 2.91. The van der Waals surface area contributed by atoms with E-state index in [1.54, 1.807) is 0 Å². The summed E-state index contributed by atoms with van der Waals surface area (Å²) >= 11 is 2.23. The third kappa shape index (κ3) is 1.64. The summed E-state index contributed by atoms with van der Waals surface area (Å²) in [7, 11) is 0. The van der Waals surface area contributed by atoms with Crippen LogP contribution < -0.4 is 0 Å². The van der Waals surface area contributed by atoms with Crippen LogP contribution in [0.3, 0.4) is 0 Å². The number of fused-ring (bicyclic) bond motifs is 2. The number of thioether (sulfide) groups is 1. The fraction of sp³-hybridized carbons (Fsp3) is 1.00. The number of hydrogen-bond donors (Lipinski definition) is 0. The lowest BCUT2D eigenvalue weighted by Crippen LogP contribution is -2.48. The molecule has 0 saturated carbocycles. The van der Waals surface area contributed by atoms with Gasteiger partial charge in [0.15, 0.2) is 0 Å². The molecule has 0 aromatic heterocycles. The van der Waals surface area contributed by atoms with Gasteiger partial charge in [-0.05, 0) is 33.6 Å². The van der Waals surface area contributed by atoms with E-state index in [4.69, 9.17) is 0 Å². The van der Waals surface area contributed by atoms with Gasteiger partial charge in [-0.3, -0.25) is 4.90 Å². The molecule has 0 spiro atoms. The topological polar surface area (TPSA) is 3.24 Å². The van der Waals surface area contributed by atoms with Crippen molar-refractivity contribution in [2.45, 2.75) is 49.7 Å². The van der Waals surface area contributed by atoms with Crippen LogP contribution in [-0.2, 0) is 0 Å². The lowest BCUT2D eigenvalue weighted by Gasteiger charge is -2.41. The van der Waals surface area contributed by atoms with Crippen LogP contribution in [0.1, 0.15) is 33.6 Å². The van der Waals surface area contributed by atoms with E-state index in [1.165, 1.54) is 25.9 Å². The summed E-state index contributed by atoms with van der Waals surface area (Å²) in [6.07, 6.45) is 2.92. The third-order valence-electron chi connectivity index (χ3n) is 2.99. The van der Waals surface area contributed by atoms with Crippen molar-refractivity contribution in [2.75, 3.05) is 13.1 Å². The van der Waals surface area contributed by atoms with E-state index in [0.717, 1.165) is 10.5 Å². The number of rotatable bonds is 0. The second-order valence-corrected chi connectivity index (χ2v) is 6.64. The molecule has 0 N–H and O–H groups in total. The van der Waals surface area contributed by atoms with Crippen LogP contribution in [0.15, 0.2) is 0 Å². The largest absolute Gasteiger partial charge is 0.296 e. The number of hydrogen-bond acceptors (Lipinski definition) is 2. The van der Waals surface area contributed by atoms with Crippen LogP contribution >= 0.6 is 11.8 Å². The minimum Gasteiger partial charge on any atom is -0.296 e. The molecule has 0 aromatic rings. The first kappa shape index (κ1) is 8.89. The lowest BCUT2D eigenvalue weighted by atomic mass is 10.1. The van der Waals surface area contributed by atoms with Crippen LogP contribution in [0.5, 0.6) is 0 Å². The second-order valence-electron chi connectivity index (χ2n) is 5.03. The first-order valence-corrected chi connectivity index (χ1v) is 5.90. The van der Waals surface area contributed by atoms with Crippen LogP contribution in [-0.4, -0.2) is 34.0 Å². The zero-order chi connectivity index (χ0) is 8.77. The van der Waals surface area contributed by atoms with Gasteiger partial charge in [0.1, 0.15) is 0 Å². The number of likely N-dealkylation sites (tertiary alicyclic amines) is 1. The first-order valence-electron chi connectivity index (χ1n) is 4.96. The molecule has 0 aromatic carbocycles. The Morgan fingerprint density at radius 3 is 2.00 bits per heavy atom. The average molecular weight is 185 g/mol. The molecule has 2 heterocycles. The Hall–Kier alpha value is 0.310. The molecule has 0 aliphatic carbocycles. The summed E-state index contributed by atoms with van der Waals surface area (Å²) in [6.45, 7) is 9.66. The van der Waals surface area contributed by atoms with Crippen molar-refractivity contribution in [3.63, 3.8) is 0 Å². The van der Waals surface area contributed by atoms with Gasteiger partial charge >= 0.3 is 0 Å². The lowest BCUT2D eigenvalue weighted by molar-refractivity contribution is 0.141. The maximum Gasteiger partial charge on any atom is 0.0178 e. The van der Waals surface area contributed by atoms with Crippen LogP contribution in [0, 0.1) is 0 Å². The molecule has 0 amide bonds. The van der Waals surface area contributed by atoms with Gasteiger partial charge in [0.25, 0.3) is 0 Å². The van der Waals surface area contributed by atoms with Crippen molar-refractivity contribution in [1.82, 2.24) is 4.90 Å². The molecule has 1 nitrogen and oxygen atoms in total. The monoisotopic (exact) mass is 185 g/mol. The minimum atomic E-state index is 0.391. The predicted molar refractivity (Wildman–Crippen MR) is 55.7 cm³/mol. The van der Waals surface area contributed by atoms with Gasteiger partial charge in [-0.15, -0.1) is 0 Å². The zero-order valence-corrected chi connectivity index (χ0v) is 9.16. The van der Waals surface area contributed by atoms with Crippen molar-refractivity contribution in [3.05, 3.63) is 0 Å². The highest BCUT2D eigenvalue weighted by Gasteiger charge is 2.37. The Kier molecular flexibility index (Phi) is 2.16.